The number of nitrogens with one attached hydrogen (secondary N) is 2. The first-order valence-corrected chi connectivity index (χ1v) is 8.93. The van der Waals surface area contributed by atoms with Crippen molar-refractivity contribution in [2.45, 2.75) is 25.3 Å². The van der Waals surface area contributed by atoms with Crippen molar-refractivity contribution in [3.8, 4) is 11.1 Å². The fourth-order valence-electron chi connectivity index (χ4n) is 3.32. The van der Waals surface area contributed by atoms with Gasteiger partial charge in [0.2, 0.25) is 5.91 Å². The molecule has 1 aliphatic rings. The van der Waals surface area contributed by atoms with Crippen molar-refractivity contribution in [2.75, 3.05) is 13.2 Å². The molecule has 2 aromatic carbocycles. The lowest BCUT2D eigenvalue weighted by molar-refractivity contribution is -0.138. The third-order valence-electron chi connectivity index (χ3n) is 4.73. The Morgan fingerprint density at radius 2 is 1.54 bits per heavy atom. The zero-order valence-electron chi connectivity index (χ0n) is 15.7. The van der Waals surface area contributed by atoms with Crippen LogP contribution in [0.5, 0.6) is 0 Å². The maximum Gasteiger partial charge on any atom is 0.408 e. The monoisotopic (exact) mass is 382 g/mol. The molecular weight excluding hydrogens is 360 g/mol. The molecule has 0 radical (unpaired) electrons. The number of amides is 2. The number of hydrogen-bond donors (Lipinski definition) is 3. The van der Waals surface area contributed by atoms with Crippen LogP contribution in [0.2, 0.25) is 0 Å². The smallest absolute Gasteiger partial charge is 0.408 e. The van der Waals surface area contributed by atoms with E-state index in [0.717, 1.165) is 22.3 Å². The number of benzene rings is 2. The first-order chi connectivity index (χ1) is 13.3. The molecule has 0 atom stereocenters. The van der Waals surface area contributed by atoms with Crippen molar-refractivity contribution in [1.82, 2.24) is 10.6 Å². The standard InChI is InChI=1S/C21H22N2O5/c1-21(2,19(26)22-11-18(24)25)23-20(27)28-12-17-15-9-5-3-7-13(15)14-8-4-6-10-16(14)17/h3-10,17H,11-12H2,1-2H3,(H,22,26)(H,23,27)(H,24,25). The van der Waals surface area contributed by atoms with Gasteiger partial charge < -0.3 is 20.5 Å². The molecule has 0 spiro atoms. The molecule has 146 valence electrons. The molecule has 0 saturated heterocycles. The van der Waals surface area contributed by atoms with E-state index in [0.29, 0.717) is 0 Å². The van der Waals surface area contributed by atoms with Gasteiger partial charge in [0.15, 0.2) is 0 Å². The van der Waals surface area contributed by atoms with Crippen LogP contribution in [-0.4, -0.2) is 41.8 Å². The van der Waals surface area contributed by atoms with Crippen molar-refractivity contribution in [2.24, 2.45) is 0 Å². The Bertz CT molecular complexity index is 877. The van der Waals surface area contributed by atoms with Gasteiger partial charge in [0.05, 0.1) is 0 Å². The van der Waals surface area contributed by atoms with Crippen molar-refractivity contribution in [3.05, 3.63) is 59.7 Å². The Labute approximate surface area is 162 Å². The third kappa shape index (κ3) is 3.98. The highest BCUT2D eigenvalue weighted by Gasteiger charge is 2.32. The molecule has 2 aromatic rings. The Hall–Kier alpha value is -3.35. The minimum Gasteiger partial charge on any atom is -0.480 e. The topological polar surface area (TPSA) is 105 Å². The molecule has 0 fully saturated rings. The lowest BCUT2D eigenvalue weighted by atomic mass is 9.98. The van der Waals surface area contributed by atoms with E-state index in [1.165, 1.54) is 13.8 Å². The van der Waals surface area contributed by atoms with Crippen LogP contribution in [0.3, 0.4) is 0 Å². The van der Waals surface area contributed by atoms with Gasteiger partial charge in [0.25, 0.3) is 0 Å². The predicted octanol–water partition coefficient (Wildman–Crippen LogP) is 2.50. The van der Waals surface area contributed by atoms with Crippen LogP contribution in [0.1, 0.15) is 30.9 Å². The van der Waals surface area contributed by atoms with E-state index in [1.54, 1.807) is 0 Å². The molecule has 7 nitrogen and oxygen atoms in total. The summed E-state index contributed by atoms with van der Waals surface area (Å²) in [6.07, 6.45) is -0.739. The van der Waals surface area contributed by atoms with Crippen molar-refractivity contribution >= 4 is 18.0 Å². The highest BCUT2D eigenvalue weighted by atomic mass is 16.5. The zero-order chi connectivity index (χ0) is 20.3. The van der Waals surface area contributed by atoms with Gasteiger partial charge in [-0.3, -0.25) is 9.59 Å². The van der Waals surface area contributed by atoms with E-state index >= 15 is 0 Å². The summed E-state index contributed by atoms with van der Waals surface area (Å²) in [6, 6.07) is 16.0. The maximum absolute atomic E-state index is 12.3. The number of alkyl carbamates (subject to hydrolysis) is 1. The highest BCUT2D eigenvalue weighted by Crippen LogP contribution is 2.44. The Morgan fingerprint density at radius 3 is 2.07 bits per heavy atom. The summed E-state index contributed by atoms with van der Waals surface area (Å²) >= 11 is 0. The Balaban J connectivity index is 1.65. The molecule has 0 saturated carbocycles. The summed E-state index contributed by atoms with van der Waals surface area (Å²) in [5.74, 6) is -1.85. The van der Waals surface area contributed by atoms with Crippen LogP contribution in [0.25, 0.3) is 11.1 Å². The number of ether oxygens (including phenoxy) is 1. The Kier molecular flexibility index (Phi) is 5.35. The number of hydrogen-bond acceptors (Lipinski definition) is 4. The SMILES string of the molecule is CC(C)(NC(=O)OCC1c2ccccc2-c2ccccc21)C(=O)NCC(=O)O. The second kappa shape index (κ2) is 7.72. The van der Waals surface area contributed by atoms with Crippen LogP contribution in [0, 0.1) is 0 Å². The minimum atomic E-state index is -1.31. The van der Waals surface area contributed by atoms with Crippen LogP contribution < -0.4 is 10.6 Å². The van der Waals surface area contributed by atoms with Crippen molar-refractivity contribution < 1.29 is 24.2 Å². The second-order valence-electron chi connectivity index (χ2n) is 7.15. The number of rotatable bonds is 6. The fourth-order valence-corrected chi connectivity index (χ4v) is 3.32. The maximum atomic E-state index is 12.3. The predicted molar refractivity (Wildman–Crippen MR) is 103 cm³/mol. The molecule has 28 heavy (non-hydrogen) atoms. The quantitative estimate of drug-likeness (QED) is 0.712. The van der Waals surface area contributed by atoms with Crippen LogP contribution in [0.15, 0.2) is 48.5 Å². The van der Waals surface area contributed by atoms with Crippen molar-refractivity contribution in [1.29, 1.82) is 0 Å². The highest BCUT2D eigenvalue weighted by molar-refractivity contribution is 5.91. The van der Waals surface area contributed by atoms with Crippen LogP contribution >= 0.6 is 0 Å². The molecule has 2 amide bonds. The summed E-state index contributed by atoms with van der Waals surface area (Å²) in [6.45, 7) is 2.57. The molecule has 0 aromatic heterocycles. The van der Waals surface area contributed by atoms with Gasteiger partial charge in [0.1, 0.15) is 18.7 Å². The summed E-state index contributed by atoms with van der Waals surface area (Å²) in [7, 11) is 0. The number of carbonyl (C=O) groups is 3. The van der Waals surface area contributed by atoms with Crippen LogP contribution in [-0.2, 0) is 14.3 Å². The Morgan fingerprint density at radius 1 is 1.00 bits per heavy atom. The molecule has 0 heterocycles. The lowest BCUT2D eigenvalue weighted by Crippen LogP contribution is -2.55. The van der Waals surface area contributed by atoms with Gasteiger partial charge in [-0.05, 0) is 36.1 Å². The molecule has 3 N–H and O–H groups in total. The molecule has 1 aliphatic carbocycles. The zero-order valence-corrected chi connectivity index (χ0v) is 15.7. The van der Waals surface area contributed by atoms with Gasteiger partial charge in [-0.1, -0.05) is 48.5 Å². The third-order valence-corrected chi connectivity index (χ3v) is 4.73. The van der Waals surface area contributed by atoms with E-state index in [1.807, 2.05) is 48.5 Å². The molecular formula is C21H22N2O5. The summed E-state index contributed by atoms with van der Waals surface area (Å²) in [5.41, 5.74) is 3.13. The van der Waals surface area contributed by atoms with E-state index in [-0.39, 0.29) is 12.5 Å². The summed E-state index contributed by atoms with van der Waals surface area (Å²) < 4.78 is 5.40. The van der Waals surface area contributed by atoms with E-state index < -0.39 is 30.1 Å². The van der Waals surface area contributed by atoms with E-state index in [2.05, 4.69) is 10.6 Å². The van der Waals surface area contributed by atoms with Gasteiger partial charge in [-0.2, -0.15) is 0 Å². The minimum absolute atomic E-state index is 0.0814. The largest absolute Gasteiger partial charge is 0.480 e. The number of carboxylic acids is 1. The summed E-state index contributed by atoms with van der Waals surface area (Å²) in [5, 5.41) is 13.4. The average molecular weight is 382 g/mol. The van der Waals surface area contributed by atoms with Gasteiger partial charge in [-0.25, -0.2) is 4.79 Å². The molecule has 7 heteroatoms. The van der Waals surface area contributed by atoms with Crippen molar-refractivity contribution in [3.63, 3.8) is 0 Å². The van der Waals surface area contributed by atoms with Gasteiger partial charge in [-0.15, -0.1) is 0 Å². The lowest BCUT2D eigenvalue weighted by Gasteiger charge is -2.25. The molecule has 0 aliphatic heterocycles. The fraction of sp³-hybridized carbons (Fsp3) is 0.286. The van der Waals surface area contributed by atoms with E-state index in [4.69, 9.17) is 9.84 Å². The summed E-state index contributed by atoms with van der Waals surface area (Å²) in [4.78, 5) is 34.9. The average Bonchev–Trinajstić information content (AvgIpc) is 2.98. The normalized spacial score (nSPS) is 12.6. The number of fused-ring (bicyclic) bond motifs is 3. The molecule has 0 unspecified atom stereocenters. The molecule has 3 rings (SSSR count). The number of carboxylic acid groups (broad SMARTS) is 1. The van der Waals surface area contributed by atoms with E-state index in [9.17, 15) is 14.4 Å². The first kappa shape index (κ1) is 19.4. The number of carbonyl (C=O) groups excluding carboxylic acids is 2. The number of aliphatic carboxylic acids is 1. The molecule has 0 bridgehead atoms. The van der Waals surface area contributed by atoms with Gasteiger partial charge in [0, 0.05) is 5.92 Å². The first-order valence-electron chi connectivity index (χ1n) is 8.93. The second-order valence-corrected chi connectivity index (χ2v) is 7.15. The van der Waals surface area contributed by atoms with Crippen LogP contribution in [0.4, 0.5) is 4.79 Å². The van der Waals surface area contributed by atoms with Gasteiger partial charge >= 0.3 is 12.1 Å².